The van der Waals surface area contributed by atoms with Crippen LogP contribution in [0.3, 0.4) is 0 Å². The normalized spacial score (nSPS) is 33.9. The zero-order valence-corrected chi connectivity index (χ0v) is 15.1. The average Bonchev–Trinajstić information content (AvgIpc) is 2.51. The minimum absolute atomic E-state index is 0.0893. The number of carboxylic acids is 1. The van der Waals surface area contributed by atoms with E-state index in [4.69, 9.17) is 9.78 Å². The van der Waals surface area contributed by atoms with Crippen LogP contribution < -0.4 is 0 Å². The van der Waals surface area contributed by atoms with E-state index >= 15 is 0 Å². The standard InChI is InChI=1S/C20H30O4/c1-13(2)16-7-6-14(3)17(20(16,5)10-8-19(21)22)12-18-15(4)9-11-23-24-18/h9,16-18H,1,3,6-8,10-12H2,2,4-5H3,(H,21,22). The smallest absolute Gasteiger partial charge is 0.303 e. The molecule has 1 heterocycles. The molecule has 24 heavy (non-hydrogen) atoms. The first-order valence-corrected chi connectivity index (χ1v) is 8.75. The van der Waals surface area contributed by atoms with Crippen LogP contribution in [0.1, 0.15) is 52.9 Å². The molecule has 2 aliphatic rings. The Kier molecular flexibility index (Phi) is 6.05. The SMILES string of the molecule is C=C(C)C1CCC(=C)C(CC2OOCC=C2C)C1(C)CCC(=O)O. The van der Waals surface area contributed by atoms with Crippen molar-refractivity contribution in [2.45, 2.75) is 59.0 Å². The minimum Gasteiger partial charge on any atom is -0.481 e. The van der Waals surface area contributed by atoms with E-state index in [1.807, 2.05) is 6.08 Å². The molecular formula is C20H30O4. The lowest BCUT2D eigenvalue weighted by Gasteiger charge is -2.50. The summed E-state index contributed by atoms with van der Waals surface area (Å²) in [5.74, 6) is -0.247. The first-order chi connectivity index (χ1) is 11.3. The Morgan fingerprint density at radius 2 is 2.21 bits per heavy atom. The summed E-state index contributed by atoms with van der Waals surface area (Å²) >= 11 is 0. The second-order valence-electron chi connectivity index (χ2n) is 7.60. The van der Waals surface area contributed by atoms with Gasteiger partial charge in [0.2, 0.25) is 0 Å². The van der Waals surface area contributed by atoms with Gasteiger partial charge in [-0.3, -0.25) is 4.79 Å². The van der Waals surface area contributed by atoms with E-state index in [-0.39, 0.29) is 23.9 Å². The van der Waals surface area contributed by atoms with Gasteiger partial charge in [-0.25, -0.2) is 9.78 Å². The molecule has 4 unspecified atom stereocenters. The van der Waals surface area contributed by atoms with Crippen molar-refractivity contribution in [1.29, 1.82) is 0 Å². The Labute approximate surface area is 145 Å². The van der Waals surface area contributed by atoms with Crippen molar-refractivity contribution in [3.05, 3.63) is 36.0 Å². The third-order valence-corrected chi connectivity index (χ3v) is 5.93. The summed E-state index contributed by atoms with van der Waals surface area (Å²) in [4.78, 5) is 21.9. The predicted octanol–water partition coefficient (Wildman–Crippen LogP) is 4.68. The van der Waals surface area contributed by atoms with Gasteiger partial charge in [-0.15, -0.1) is 0 Å². The molecule has 4 atom stereocenters. The van der Waals surface area contributed by atoms with E-state index in [0.717, 1.165) is 24.8 Å². The fraction of sp³-hybridized carbons (Fsp3) is 0.650. The maximum absolute atomic E-state index is 11.2. The number of hydrogen-bond donors (Lipinski definition) is 1. The Balaban J connectivity index is 2.29. The molecule has 0 aromatic rings. The first-order valence-electron chi connectivity index (χ1n) is 8.75. The molecule has 1 saturated carbocycles. The molecule has 0 amide bonds. The van der Waals surface area contributed by atoms with Crippen LogP contribution in [-0.2, 0) is 14.6 Å². The lowest BCUT2D eigenvalue weighted by Crippen LogP contribution is -2.43. The largest absolute Gasteiger partial charge is 0.481 e. The molecule has 134 valence electrons. The van der Waals surface area contributed by atoms with Gasteiger partial charge in [0.25, 0.3) is 0 Å². The fourth-order valence-electron chi connectivity index (χ4n) is 4.45. The van der Waals surface area contributed by atoms with Crippen molar-refractivity contribution in [1.82, 2.24) is 0 Å². The van der Waals surface area contributed by atoms with E-state index < -0.39 is 5.97 Å². The van der Waals surface area contributed by atoms with Crippen molar-refractivity contribution < 1.29 is 19.7 Å². The van der Waals surface area contributed by atoms with Gasteiger partial charge in [0, 0.05) is 6.42 Å². The maximum Gasteiger partial charge on any atom is 0.303 e. The van der Waals surface area contributed by atoms with E-state index in [1.165, 1.54) is 11.1 Å². The van der Waals surface area contributed by atoms with Gasteiger partial charge in [-0.2, -0.15) is 0 Å². The second-order valence-corrected chi connectivity index (χ2v) is 7.60. The van der Waals surface area contributed by atoms with Crippen molar-refractivity contribution >= 4 is 5.97 Å². The molecule has 2 rings (SSSR count). The van der Waals surface area contributed by atoms with Crippen molar-refractivity contribution in [2.24, 2.45) is 17.3 Å². The summed E-state index contributed by atoms with van der Waals surface area (Å²) in [6, 6.07) is 0. The number of carboxylic acid groups (broad SMARTS) is 1. The Hall–Kier alpha value is -1.39. The summed E-state index contributed by atoms with van der Waals surface area (Å²) < 4.78 is 0. The Morgan fingerprint density at radius 3 is 2.79 bits per heavy atom. The monoisotopic (exact) mass is 334 g/mol. The molecule has 1 aliphatic carbocycles. The lowest BCUT2D eigenvalue weighted by molar-refractivity contribution is -0.319. The summed E-state index contributed by atoms with van der Waals surface area (Å²) in [7, 11) is 0. The number of carbonyl (C=O) groups is 1. The molecule has 0 bridgehead atoms. The average molecular weight is 334 g/mol. The highest BCUT2D eigenvalue weighted by molar-refractivity contribution is 5.66. The molecule has 0 aromatic heterocycles. The van der Waals surface area contributed by atoms with E-state index in [9.17, 15) is 9.90 Å². The second kappa shape index (κ2) is 7.66. The zero-order valence-electron chi connectivity index (χ0n) is 15.1. The summed E-state index contributed by atoms with van der Waals surface area (Å²) in [5, 5.41) is 9.20. The summed E-state index contributed by atoms with van der Waals surface area (Å²) in [5.41, 5.74) is 3.34. The molecule has 4 nitrogen and oxygen atoms in total. The molecule has 4 heteroatoms. The molecule has 1 N–H and O–H groups in total. The summed E-state index contributed by atoms with van der Waals surface area (Å²) in [6.45, 7) is 15.3. The highest BCUT2D eigenvalue weighted by Gasteiger charge is 2.46. The van der Waals surface area contributed by atoms with Crippen molar-refractivity contribution in [3.8, 4) is 0 Å². The molecule has 0 saturated heterocycles. The van der Waals surface area contributed by atoms with E-state index in [1.54, 1.807) is 0 Å². The van der Waals surface area contributed by atoms with Gasteiger partial charge >= 0.3 is 5.97 Å². The lowest BCUT2D eigenvalue weighted by atomic mass is 9.55. The third-order valence-electron chi connectivity index (χ3n) is 5.93. The van der Waals surface area contributed by atoms with Gasteiger partial charge in [0.1, 0.15) is 12.7 Å². The first kappa shape index (κ1) is 18.9. The Morgan fingerprint density at radius 1 is 1.50 bits per heavy atom. The number of hydrogen-bond acceptors (Lipinski definition) is 3. The topological polar surface area (TPSA) is 55.8 Å². The Bertz CT molecular complexity index is 548. The van der Waals surface area contributed by atoms with Crippen LogP contribution in [0.15, 0.2) is 36.0 Å². The van der Waals surface area contributed by atoms with Gasteiger partial charge in [-0.1, -0.05) is 37.3 Å². The van der Waals surface area contributed by atoms with Gasteiger partial charge in [0.05, 0.1) is 0 Å². The van der Waals surface area contributed by atoms with Crippen LogP contribution in [0.4, 0.5) is 0 Å². The number of allylic oxidation sites excluding steroid dienone is 2. The highest BCUT2D eigenvalue weighted by atomic mass is 17.2. The number of rotatable bonds is 6. The third kappa shape index (κ3) is 3.98. The molecule has 0 aromatic carbocycles. The summed E-state index contributed by atoms with van der Waals surface area (Å²) in [6.07, 6.45) is 5.49. The van der Waals surface area contributed by atoms with Gasteiger partial charge in [0.15, 0.2) is 0 Å². The van der Waals surface area contributed by atoms with Crippen LogP contribution in [0, 0.1) is 17.3 Å². The van der Waals surface area contributed by atoms with Crippen LogP contribution in [0.5, 0.6) is 0 Å². The predicted molar refractivity (Wildman–Crippen MR) is 94.3 cm³/mol. The molecule has 0 radical (unpaired) electrons. The highest BCUT2D eigenvalue weighted by Crippen LogP contribution is 2.54. The molecular weight excluding hydrogens is 304 g/mol. The zero-order chi connectivity index (χ0) is 17.9. The maximum atomic E-state index is 11.2. The molecule has 1 aliphatic heterocycles. The van der Waals surface area contributed by atoms with Crippen molar-refractivity contribution in [2.75, 3.05) is 6.61 Å². The van der Waals surface area contributed by atoms with E-state index in [2.05, 4.69) is 33.9 Å². The molecule has 0 spiro atoms. The molecule has 1 fully saturated rings. The van der Waals surface area contributed by atoms with Crippen LogP contribution in [-0.4, -0.2) is 23.8 Å². The number of aliphatic carboxylic acids is 1. The van der Waals surface area contributed by atoms with Crippen LogP contribution in [0.2, 0.25) is 0 Å². The van der Waals surface area contributed by atoms with Crippen molar-refractivity contribution in [3.63, 3.8) is 0 Å². The van der Waals surface area contributed by atoms with Crippen LogP contribution in [0.25, 0.3) is 0 Å². The van der Waals surface area contributed by atoms with Gasteiger partial charge < -0.3 is 5.11 Å². The van der Waals surface area contributed by atoms with E-state index in [0.29, 0.717) is 18.9 Å². The minimum atomic E-state index is -0.750. The van der Waals surface area contributed by atoms with Crippen LogP contribution >= 0.6 is 0 Å². The fourth-order valence-corrected chi connectivity index (χ4v) is 4.45. The quantitative estimate of drug-likeness (QED) is 0.566. The van der Waals surface area contributed by atoms with Gasteiger partial charge in [-0.05, 0) is 62.4 Å².